The second-order valence-corrected chi connectivity index (χ2v) is 4.99. The predicted molar refractivity (Wildman–Crippen MR) is 64.6 cm³/mol. The topological polar surface area (TPSA) is 30.7 Å². The molecule has 0 saturated heterocycles. The highest BCUT2D eigenvalue weighted by atomic mass is 35.5. The van der Waals surface area contributed by atoms with Gasteiger partial charge in [-0.2, -0.15) is 0 Å². The van der Waals surface area contributed by atoms with Crippen molar-refractivity contribution in [2.45, 2.75) is 25.7 Å². The zero-order valence-electron chi connectivity index (χ0n) is 9.28. The molecule has 2 heterocycles. The molecule has 0 spiro atoms. The summed E-state index contributed by atoms with van der Waals surface area (Å²) in [6.45, 7) is 0. The third kappa shape index (κ3) is 1.50. The fourth-order valence-corrected chi connectivity index (χ4v) is 2.67. The Morgan fingerprint density at radius 3 is 2.94 bits per heavy atom. The fourth-order valence-electron chi connectivity index (χ4n) is 2.42. The van der Waals surface area contributed by atoms with Gasteiger partial charge in [0.15, 0.2) is 0 Å². The molecule has 0 atom stereocenters. The first kappa shape index (κ1) is 10.1. The Kier molecular flexibility index (Phi) is 2.36. The number of aryl methyl sites for hydroxylation is 1. The highest BCUT2D eigenvalue weighted by molar-refractivity contribution is 6.34. The number of nitrogens with zero attached hydrogens (tertiary/aromatic N) is 3. The highest BCUT2D eigenvalue weighted by Crippen LogP contribution is 2.33. The van der Waals surface area contributed by atoms with Gasteiger partial charge in [0, 0.05) is 13.2 Å². The molecule has 0 N–H and O–H groups in total. The average Bonchev–Trinajstić information content (AvgIpc) is 2.52. The summed E-state index contributed by atoms with van der Waals surface area (Å²) < 4.78 is 2.04. The molecule has 1 fully saturated rings. The van der Waals surface area contributed by atoms with Crippen LogP contribution in [0.2, 0.25) is 5.15 Å². The third-order valence-electron chi connectivity index (χ3n) is 3.52. The normalized spacial score (nSPS) is 16.6. The van der Waals surface area contributed by atoms with Gasteiger partial charge in [0.2, 0.25) is 0 Å². The molecule has 1 saturated carbocycles. The SMILES string of the molecule is Cn1cc(CC2CCC2)c2c(Cl)ncnc21. The number of aromatic nitrogens is 3. The first-order valence-corrected chi connectivity index (χ1v) is 6.08. The molecule has 0 radical (unpaired) electrons. The van der Waals surface area contributed by atoms with Crippen molar-refractivity contribution in [2.24, 2.45) is 13.0 Å². The summed E-state index contributed by atoms with van der Waals surface area (Å²) in [5, 5.41) is 1.62. The van der Waals surface area contributed by atoms with E-state index in [-0.39, 0.29) is 0 Å². The van der Waals surface area contributed by atoms with Gasteiger partial charge in [0.1, 0.15) is 17.1 Å². The molecule has 84 valence electrons. The van der Waals surface area contributed by atoms with Crippen LogP contribution in [0.3, 0.4) is 0 Å². The monoisotopic (exact) mass is 235 g/mol. The van der Waals surface area contributed by atoms with Crippen LogP contribution in [0.25, 0.3) is 11.0 Å². The van der Waals surface area contributed by atoms with Gasteiger partial charge in [-0.1, -0.05) is 30.9 Å². The van der Waals surface area contributed by atoms with E-state index >= 15 is 0 Å². The highest BCUT2D eigenvalue weighted by Gasteiger charge is 2.21. The van der Waals surface area contributed by atoms with Crippen LogP contribution in [0.4, 0.5) is 0 Å². The van der Waals surface area contributed by atoms with Crippen molar-refractivity contribution < 1.29 is 0 Å². The summed E-state index contributed by atoms with van der Waals surface area (Å²) in [5.74, 6) is 0.835. The van der Waals surface area contributed by atoms with Crippen LogP contribution in [0.15, 0.2) is 12.5 Å². The quantitative estimate of drug-likeness (QED) is 0.750. The molecule has 1 aliphatic carbocycles. The lowest BCUT2D eigenvalue weighted by molar-refractivity contribution is 0.315. The molecule has 16 heavy (non-hydrogen) atoms. The zero-order chi connectivity index (χ0) is 11.1. The van der Waals surface area contributed by atoms with E-state index in [1.807, 2.05) is 11.6 Å². The lowest BCUT2D eigenvalue weighted by atomic mass is 9.81. The molecule has 0 unspecified atom stereocenters. The molecule has 1 aliphatic rings. The fraction of sp³-hybridized carbons (Fsp3) is 0.500. The molecule has 2 aromatic heterocycles. The molecule has 0 amide bonds. The van der Waals surface area contributed by atoms with Crippen LogP contribution < -0.4 is 0 Å². The Morgan fingerprint density at radius 2 is 2.25 bits per heavy atom. The smallest absolute Gasteiger partial charge is 0.144 e. The summed E-state index contributed by atoms with van der Waals surface area (Å²) in [4.78, 5) is 8.35. The summed E-state index contributed by atoms with van der Waals surface area (Å²) >= 11 is 6.16. The first-order valence-electron chi connectivity index (χ1n) is 5.70. The van der Waals surface area contributed by atoms with E-state index in [4.69, 9.17) is 11.6 Å². The zero-order valence-corrected chi connectivity index (χ0v) is 10.0. The molecule has 4 heteroatoms. The molecule has 0 bridgehead atoms. The van der Waals surface area contributed by atoms with Gasteiger partial charge >= 0.3 is 0 Å². The van der Waals surface area contributed by atoms with Crippen molar-refractivity contribution in [1.29, 1.82) is 0 Å². The number of rotatable bonds is 2. The Balaban J connectivity index is 2.09. The maximum atomic E-state index is 6.16. The van der Waals surface area contributed by atoms with Crippen molar-refractivity contribution in [1.82, 2.24) is 14.5 Å². The molecule has 3 rings (SSSR count). The summed E-state index contributed by atoms with van der Waals surface area (Å²) in [6.07, 6.45) is 8.86. The van der Waals surface area contributed by atoms with Crippen LogP contribution in [0.1, 0.15) is 24.8 Å². The van der Waals surface area contributed by atoms with Crippen molar-refractivity contribution >= 4 is 22.6 Å². The van der Waals surface area contributed by atoms with Gasteiger partial charge < -0.3 is 4.57 Å². The van der Waals surface area contributed by atoms with E-state index in [0.29, 0.717) is 5.15 Å². The standard InChI is InChI=1S/C12H14ClN3/c1-16-6-9(5-8-3-2-4-8)10-11(13)14-7-15-12(10)16/h6-8H,2-5H2,1H3. The number of fused-ring (bicyclic) bond motifs is 1. The average molecular weight is 236 g/mol. The number of hydrogen-bond acceptors (Lipinski definition) is 2. The van der Waals surface area contributed by atoms with Gasteiger partial charge in [-0.05, 0) is 17.9 Å². The van der Waals surface area contributed by atoms with Crippen LogP contribution in [-0.2, 0) is 13.5 Å². The van der Waals surface area contributed by atoms with E-state index in [0.717, 1.165) is 23.4 Å². The van der Waals surface area contributed by atoms with Crippen molar-refractivity contribution in [3.63, 3.8) is 0 Å². The largest absolute Gasteiger partial charge is 0.335 e. The molecule has 0 aromatic carbocycles. The van der Waals surface area contributed by atoms with E-state index < -0.39 is 0 Å². The minimum atomic E-state index is 0.583. The van der Waals surface area contributed by atoms with Crippen LogP contribution in [0.5, 0.6) is 0 Å². The summed E-state index contributed by atoms with van der Waals surface area (Å²) in [6, 6.07) is 0. The van der Waals surface area contributed by atoms with Gasteiger partial charge in [0.05, 0.1) is 5.39 Å². The molecular formula is C12H14ClN3. The van der Waals surface area contributed by atoms with Crippen molar-refractivity contribution in [2.75, 3.05) is 0 Å². The van der Waals surface area contributed by atoms with Crippen LogP contribution in [-0.4, -0.2) is 14.5 Å². The van der Waals surface area contributed by atoms with Crippen molar-refractivity contribution in [3.05, 3.63) is 23.2 Å². The maximum absolute atomic E-state index is 6.16. The van der Waals surface area contributed by atoms with Gasteiger partial charge in [-0.15, -0.1) is 0 Å². The molecule has 3 nitrogen and oxygen atoms in total. The minimum Gasteiger partial charge on any atom is -0.335 e. The van der Waals surface area contributed by atoms with E-state index in [1.54, 1.807) is 0 Å². The summed E-state index contributed by atoms with van der Waals surface area (Å²) in [5.41, 5.74) is 2.24. The minimum absolute atomic E-state index is 0.583. The maximum Gasteiger partial charge on any atom is 0.144 e. The Hall–Kier alpha value is -1.09. The van der Waals surface area contributed by atoms with E-state index in [2.05, 4.69) is 16.2 Å². The van der Waals surface area contributed by atoms with Gasteiger partial charge in [-0.3, -0.25) is 0 Å². The second-order valence-electron chi connectivity index (χ2n) is 4.63. The lowest BCUT2D eigenvalue weighted by Crippen LogP contribution is -2.13. The Bertz CT molecular complexity index is 528. The van der Waals surface area contributed by atoms with Crippen LogP contribution in [0, 0.1) is 5.92 Å². The Labute approximate surface area is 99.5 Å². The van der Waals surface area contributed by atoms with Gasteiger partial charge in [0.25, 0.3) is 0 Å². The molecular weight excluding hydrogens is 222 g/mol. The molecule has 0 aliphatic heterocycles. The van der Waals surface area contributed by atoms with E-state index in [9.17, 15) is 0 Å². The second kappa shape index (κ2) is 3.74. The summed E-state index contributed by atoms with van der Waals surface area (Å²) in [7, 11) is 2.01. The number of hydrogen-bond donors (Lipinski definition) is 0. The predicted octanol–water partition coefficient (Wildman–Crippen LogP) is 2.96. The first-order chi connectivity index (χ1) is 7.75. The van der Waals surface area contributed by atoms with Crippen molar-refractivity contribution in [3.8, 4) is 0 Å². The molecule has 2 aromatic rings. The lowest BCUT2D eigenvalue weighted by Gasteiger charge is -2.24. The van der Waals surface area contributed by atoms with Gasteiger partial charge in [-0.25, -0.2) is 9.97 Å². The van der Waals surface area contributed by atoms with Crippen LogP contribution >= 0.6 is 11.6 Å². The third-order valence-corrected chi connectivity index (χ3v) is 3.81. The number of halogens is 1. The van der Waals surface area contributed by atoms with E-state index in [1.165, 1.54) is 31.2 Å². The Morgan fingerprint density at radius 1 is 1.44 bits per heavy atom.